The largest absolute Gasteiger partial charge is 0.454 e. The van der Waals surface area contributed by atoms with Crippen LogP contribution in [0.5, 0.6) is 11.5 Å². The highest BCUT2D eigenvalue weighted by Crippen LogP contribution is 2.32. The predicted molar refractivity (Wildman–Crippen MR) is 99.6 cm³/mol. The van der Waals surface area contributed by atoms with Crippen LogP contribution in [0.25, 0.3) is 0 Å². The normalized spacial score (nSPS) is 16.9. The second kappa shape index (κ2) is 7.63. The van der Waals surface area contributed by atoms with Crippen LogP contribution in [0.3, 0.4) is 0 Å². The maximum atomic E-state index is 12.4. The number of rotatable bonds is 5. The number of ether oxygens (including phenoxy) is 2. The lowest BCUT2D eigenvalue weighted by Gasteiger charge is -2.34. The van der Waals surface area contributed by atoms with Gasteiger partial charge in [-0.1, -0.05) is 6.07 Å². The third kappa shape index (κ3) is 3.99. The highest BCUT2D eigenvalue weighted by atomic mass is 32.1. The van der Waals surface area contributed by atoms with Crippen LogP contribution in [0.2, 0.25) is 0 Å². The summed E-state index contributed by atoms with van der Waals surface area (Å²) in [6.45, 7) is 6.55. The predicted octanol–water partition coefficient (Wildman–Crippen LogP) is 2.46. The maximum absolute atomic E-state index is 12.4. The number of aromatic nitrogens is 1. The molecule has 0 bridgehead atoms. The molecular weight excluding hydrogens is 350 g/mol. The number of aryl methyl sites for hydroxylation is 2. The summed E-state index contributed by atoms with van der Waals surface area (Å²) in [5.41, 5.74) is 2.25. The van der Waals surface area contributed by atoms with Crippen molar-refractivity contribution >= 4 is 17.2 Å². The molecule has 0 unspecified atom stereocenters. The molecule has 2 aliphatic rings. The molecule has 0 saturated carbocycles. The quantitative estimate of drug-likeness (QED) is 0.806. The van der Waals surface area contributed by atoms with E-state index in [0.717, 1.165) is 61.3 Å². The van der Waals surface area contributed by atoms with Crippen molar-refractivity contribution in [2.75, 3.05) is 33.0 Å². The van der Waals surface area contributed by atoms with E-state index in [1.54, 1.807) is 11.3 Å². The molecule has 4 rings (SSSR count). The first-order valence-corrected chi connectivity index (χ1v) is 9.85. The number of hydrogen-bond acceptors (Lipinski definition) is 6. The van der Waals surface area contributed by atoms with Crippen LogP contribution in [0.15, 0.2) is 23.6 Å². The second-order valence-corrected chi connectivity index (χ2v) is 7.67. The van der Waals surface area contributed by atoms with Crippen molar-refractivity contribution in [3.8, 4) is 11.5 Å². The summed E-state index contributed by atoms with van der Waals surface area (Å²) in [6, 6.07) is 6.11. The number of fused-ring (bicyclic) bond motifs is 1. The van der Waals surface area contributed by atoms with Gasteiger partial charge in [0, 0.05) is 56.6 Å². The van der Waals surface area contributed by atoms with Gasteiger partial charge in [0.1, 0.15) is 0 Å². The minimum Gasteiger partial charge on any atom is -0.454 e. The Bertz CT molecular complexity index is 784. The van der Waals surface area contributed by atoms with E-state index in [-0.39, 0.29) is 5.91 Å². The third-order valence-electron chi connectivity index (χ3n) is 4.79. The van der Waals surface area contributed by atoms with Crippen LogP contribution >= 0.6 is 11.3 Å². The van der Waals surface area contributed by atoms with Crippen molar-refractivity contribution in [1.29, 1.82) is 0 Å². The molecule has 26 heavy (non-hydrogen) atoms. The molecule has 2 aromatic rings. The van der Waals surface area contributed by atoms with Crippen LogP contribution in [-0.4, -0.2) is 53.7 Å². The first kappa shape index (κ1) is 17.3. The van der Waals surface area contributed by atoms with Crippen LogP contribution in [0.4, 0.5) is 0 Å². The Morgan fingerprint density at radius 1 is 1.19 bits per heavy atom. The Morgan fingerprint density at radius 3 is 2.77 bits per heavy atom. The zero-order valence-electron chi connectivity index (χ0n) is 14.9. The molecule has 0 spiro atoms. The van der Waals surface area contributed by atoms with Gasteiger partial charge in [-0.2, -0.15) is 0 Å². The van der Waals surface area contributed by atoms with Gasteiger partial charge in [0.05, 0.1) is 5.01 Å². The Hall–Kier alpha value is -2.12. The lowest BCUT2D eigenvalue weighted by Crippen LogP contribution is -2.48. The molecule has 1 aromatic carbocycles. The molecule has 0 atom stereocenters. The maximum Gasteiger partial charge on any atom is 0.231 e. The Kier molecular flexibility index (Phi) is 5.08. The third-order valence-corrected chi connectivity index (χ3v) is 5.81. The van der Waals surface area contributed by atoms with Gasteiger partial charge in [0.25, 0.3) is 0 Å². The first-order chi connectivity index (χ1) is 12.7. The molecule has 0 aliphatic carbocycles. The fraction of sp³-hybridized carbons (Fsp3) is 0.474. The SMILES string of the molecule is Cc1csc(CCC(=O)N2CCN(Cc3ccc4c(c3)OCO4)CC2)n1. The minimum absolute atomic E-state index is 0.237. The topological polar surface area (TPSA) is 54.9 Å². The molecule has 0 radical (unpaired) electrons. The van der Waals surface area contributed by atoms with Crippen LogP contribution in [0, 0.1) is 6.92 Å². The lowest BCUT2D eigenvalue weighted by atomic mass is 10.1. The monoisotopic (exact) mass is 373 g/mol. The summed E-state index contributed by atoms with van der Waals surface area (Å²) in [7, 11) is 0. The molecule has 138 valence electrons. The summed E-state index contributed by atoms with van der Waals surface area (Å²) in [5, 5.41) is 3.09. The highest BCUT2D eigenvalue weighted by Gasteiger charge is 2.22. The standard InChI is InChI=1S/C19H23N3O3S/c1-14-12-26-18(20-14)4-5-19(23)22-8-6-21(7-9-22)11-15-2-3-16-17(10-15)25-13-24-16/h2-3,10,12H,4-9,11,13H2,1H3. The number of piperazine rings is 1. The van der Waals surface area contributed by atoms with Gasteiger partial charge in [-0.25, -0.2) is 4.98 Å². The van der Waals surface area contributed by atoms with Crippen LogP contribution in [-0.2, 0) is 17.8 Å². The van der Waals surface area contributed by atoms with Gasteiger partial charge in [0.2, 0.25) is 12.7 Å². The Labute approximate surface area is 157 Å². The minimum atomic E-state index is 0.237. The smallest absolute Gasteiger partial charge is 0.231 e. The van der Waals surface area contributed by atoms with E-state index < -0.39 is 0 Å². The number of hydrogen-bond donors (Lipinski definition) is 0. The van der Waals surface area contributed by atoms with Crippen molar-refractivity contribution in [3.63, 3.8) is 0 Å². The van der Waals surface area contributed by atoms with Gasteiger partial charge in [0.15, 0.2) is 11.5 Å². The van der Waals surface area contributed by atoms with Crippen LogP contribution < -0.4 is 9.47 Å². The van der Waals surface area contributed by atoms with Crippen molar-refractivity contribution in [1.82, 2.24) is 14.8 Å². The van der Waals surface area contributed by atoms with E-state index in [4.69, 9.17) is 9.47 Å². The number of amides is 1. The summed E-state index contributed by atoms with van der Waals surface area (Å²) >= 11 is 1.64. The molecule has 1 saturated heterocycles. The van der Waals surface area contributed by atoms with Crippen molar-refractivity contribution < 1.29 is 14.3 Å². The average molecular weight is 373 g/mol. The van der Waals surface area contributed by atoms with Crippen molar-refractivity contribution in [2.24, 2.45) is 0 Å². The van der Waals surface area contributed by atoms with Crippen molar-refractivity contribution in [3.05, 3.63) is 39.8 Å². The summed E-state index contributed by atoms with van der Waals surface area (Å²) in [6.07, 6.45) is 1.30. The summed E-state index contributed by atoms with van der Waals surface area (Å²) < 4.78 is 10.8. The van der Waals surface area contributed by atoms with E-state index in [1.165, 1.54) is 5.56 Å². The fourth-order valence-electron chi connectivity index (χ4n) is 3.34. The number of benzene rings is 1. The number of thiazole rings is 1. The van der Waals surface area contributed by atoms with Crippen LogP contribution in [0.1, 0.15) is 22.7 Å². The lowest BCUT2D eigenvalue weighted by molar-refractivity contribution is -0.133. The van der Waals surface area contributed by atoms with E-state index in [0.29, 0.717) is 13.2 Å². The molecule has 6 nitrogen and oxygen atoms in total. The molecular formula is C19H23N3O3S. The molecule has 2 aliphatic heterocycles. The molecule has 7 heteroatoms. The molecule has 1 amide bonds. The molecule has 0 N–H and O–H groups in total. The zero-order valence-corrected chi connectivity index (χ0v) is 15.8. The van der Waals surface area contributed by atoms with E-state index in [1.807, 2.05) is 23.3 Å². The second-order valence-electron chi connectivity index (χ2n) is 6.73. The summed E-state index contributed by atoms with van der Waals surface area (Å²) in [4.78, 5) is 21.2. The number of nitrogens with zero attached hydrogens (tertiary/aromatic N) is 3. The number of carbonyl (C=O) groups excluding carboxylic acids is 1. The van der Waals surface area contributed by atoms with E-state index in [9.17, 15) is 4.79 Å². The highest BCUT2D eigenvalue weighted by molar-refractivity contribution is 7.09. The van der Waals surface area contributed by atoms with Gasteiger partial charge < -0.3 is 14.4 Å². The van der Waals surface area contributed by atoms with Gasteiger partial charge in [-0.15, -0.1) is 11.3 Å². The van der Waals surface area contributed by atoms with Gasteiger partial charge >= 0.3 is 0 Å². The molecule has 1 fully saturated rings. The van der Waals surface area contributed by atoms with E-state index >= 15 is 0 Å². The van der Waals surface area contributed by atoms with Crippen molar-refractivity contribution in [2.45, 2.75) is 26.3 Å². The first-order valence-electron chi connectivity index (χ1n) is 8.97. The average Bonchev–Trinajstić information content (AvgIpc) is 3.28. The summed E-state index contributed by atoms with van der Waals surface area (Å²) in [5.74, 6) is 1.88. The van der Waals surface area contributed by atoms with Gasteiger partial charge in [-0.05, 0) is 24.6 Å². The Balaban J connectivity index is 1.24. The molecule has 3 heterocycles. The zero-order chi connectivity index (χ0) is 17.9. The molecule has 1 aromatic heterocycles. The van der Waals surface area contributed by atoms with Gasteiger partial charge in [-0.3, -0.25) is 9.69 Å². The fourth-order valence-corrected chi connectivity index (χ4v) is 4.12. The number of carbonyl (C=O) groups is 1. The van der Waals surface area contributed by atoms with E-state index in [2.05, 4.69) is 22.0 Å². The Morgan fingerprint density at radius 2 is 2.00 bits per heavy atom.